The van der Waals surface area contributed by atoms with E-state index >= 15 is 0 Å². The SMILES string of the molecule is COc1ccc(-c2ccc(N3CCC(C(=O)N4CCN(c5cccc(OC)c5)CC4)CC3)nn2)cc1. The van der Waals surface area contributed by atoms with E-state index in [0.29, 0.717) is 5.91 Å². The van der Waals surface area contributed by atoms with Crippen molar-refractivity contribution in [1.29, 1.82) is 0 Å². The molecule has 188 valence electrons. The zero-order valence-electron chi connectivity index (χ0n) is 21.0. The van der Waals surface area contributed by atoms with Crippen molar-refractivity contribution in [2.45, 2.75) is 12.8 Å². The van der Waals surface area contributed by atoms with Crippen LogP contribution >= 0.6 is 0 Å². The number of hydrogen-bond acceptors (Lipinski definition) is 7. The number of carbonyl (C=O) groups excluding carboxylic acids is 1. The predicted octanol–water partition coefficient (Wildman–Crippen LogP) is 3.73. The normalized spacial score (nSPS) is 16.7. The van der Waals surface area contributed by atoms with E-state index in [1.807, 2.05) is 53.4 Å². The molecule has 2 aliphatic heterocycles. The van der Waals surface area contributed by atoms with Crippen molar-refractivity contribution < 1.29 is 14.3 Å². The lowest BCUT2D eigenvalue weighted by Gasteiger charge is -2.39. The molecule has 2 aromatic carbocycles. The Morgan fingerprint density at radius 1 is 0.778 bits per heavy atom. The van der Waals surface area contributed by atoms with Gasteiger partial charge in [-0.1, -0.05) is 6.07 Å². The van der Waals surface area contributed by atoms with Crippen LogP contribution < -0.4 is 19.3 Å². The summed E-state index contributed by atoms with van der Waals surface area (Å²) in [4.78, 5) is 19.8. The second-order valence-electron chi connectivity index (χ2n) is 9.28. The van der Waals surface area contributed by atoms with E-state index in [0.717, 1.165) is 86.4 Å². The van der Waals surface area contributed by atoms with E-state index in [1.54, 1.807) is 14.2 Å². The zero-order valence-corrected chi connectivity index (χ0v) is 21.0. The Labute approximate surface area is 212 Å². The molecule has 2 aliphatic rings. The Morgan fingerprint density at radius 3 is 2.14 bits per heavy atom. The van der Waals surface area contributed by atoms with Crippen LogP contribution in [0.1, 0.15) is 12.8 Å². The van der Waals surface area contributed by atoms with Gasteiger partial charge in [-0.3, -0.25) is 4.79 Å². The number of anilines is 2. The van der Waals surface area contributed by atoms with Crippen molar-refractivity contribution in [3.63, 3.8) is 0 Å². The molecule has 0 N–H and O–H groups in total. The van der Waals surface area contributed by atoms with E-state index in [9.17, 15) is 4.79 Å². The van der Waals surface area contributed by atoms with Gasteiger partial charge in [-0.25, -0.2) is 0 Å². The highest BCUT2D eigenvalue weighted by Crippen LogP contribution is 2.27. The maximum absolute atomic E-state index is 13.2. The van der Waals surface area contributed by atoms with Crippen molar-refractivity contribution in [3.8, 4) is 22.8 Å². The number of hydrogen-bond donors (Lipinski definition) is 0. The van der Waals surface area contributed by atoms with Gasteiger partial charge >= 0.3 is 0 Å². The summed E-state index contributed by atoms with van der Waals surface area (Å²) in [5, 5.41) is 8.90. The molecule has 1 amide bonds. The number of ether oxygens (including phenoxy) is 2. The first-order valence-electron chi connectivity index (χ1n) is 12.6. The lowest BCUT2D eigenvalue weighted by Crippen LogP contribution is -2.51. The summed E-state index contributed by atoms with van der Waals surface area (Å²) in [6.07, 6.45) is 1.69. The number of rotatable bonds is 6. The topological polar surface area (TPSA) is 71.0 Å². The van der Waals surface area contributed by atoms with E-state index in [-0.39, 0.29) is 5.92 Å². The van der Waals surface area contributed by atoms with Crippen molar-refractivity contribution in [1.82, 2.24) is 15.1 Å². The highest BCUT2D eigenvalue weighted by atomic mass is 16.5. The molecular weight excluding hydrogens is 454 g/mol. The van der Waals surface area contributed by atoms with Gasteiger partial charge in [0.1, 0.15) is 11.5 Å². The van der Waals surface area contributed by atoms with E-state index < -0.39 is 0 Å². The van der Waals surface area contributed by atoms with Crippen LogP contribution in [0, 0.1) is 5.92 Å². The van der Waals surface area contributed by atoms with Gasteiger partial charge in [-0.15, -0.1) is 10.2 Å². The third kappa shape index (κ3) is 5.22. The predicted molar refractivity (Wildman–Crippen MR) is 141 cm³/mol. The van der Waals surface area contributed by atoms with Gasteiger partial charge in [0.2, 0.25) is 5.91 Å². The van der Waals surface area contributed by atoms with Gasteiger partial charge in [-0.2, -0.15) is 0 Å². The molecule has 3 aromatic rings. The molecule has 8 nitrogen and oxygen atoms in total. The Balaban J connectivity index is 1.12. The number of benzene rings is 2. The maximum Gasteiger partial charge on any atom is 0.225 e. The number of aromatic nitrogens is 2. The van der Waals surface area contributed by atoms with Crippen LogP contribution in [0.15, 0.2) is 60.7 Å². The summed E-state index contributed by atoms with van der Waals surface area (Å²) in [6.45, 7) is 4.83. The second kappa shape index (κ2) is 10.8. The monoisotopic (exact) mass is 487 g/mol. The van der Waals surface area contributed by atoms with Crippen LogP contribution in [0.4, 0.5) is 11.5 Å². The first kappa shape index (κ1) is 23.9. The van der Waals surface area contributed by atoms with Gasteiger partial charge in [0, 0.05) is 62.5 Å². The van der Waals surface area contributed by atoms with Crippen molar-refractivity contribution >= 4 is 17.4 Å². The third-order valence-electron chi connectivity index (χ3n) is 7.21. The van der Waals surface area contributed by atoms with Crippen LogP contribution in [0.25, 0.3) is 11.3 Å². The zero-order chi connectivity index (χ0) is 24.9. The van der Waals surface area contributed by atoms with Gasteiger partial charge in [0.05, 0.1) is 19.9 Å². The molecule has 5 rings (SSSR count). The summed E-state index contributed by atoms with van der Waals surface area (Å²) in [7, 11) is 3.34. The average molecular weight is 488 g/mol. The van der Waals surface area contributed by atoms with Gasteiger partial charge in [0.15, 0.2) is 5.82 Å². The Bertz CT molecular complexity index is 1150. The third-order valence-corrected chi connectivity index (χ3v) is 7.21. The fourth-order valence-electron chi connectivity index (χ4n) is 5.02. The van der Waals surface area contributed by atoms with Crippen LogP contribution in [-0.2, 0) is 4.79 Å². The molecule has 2 fully saturated rings. The number of piperazine rings is 1. The Hall–Kier alpha value is -3.81. The maximum atomic E-state index is 13.2. The standard InChI is InChI=1S/C28H33N5O3/c1-35-24-8-6-21(7-9-24)26-10-11-27(30-29-26)32-14-12-22(13-15-32)28(34)33-18-16-31(17-19-33)23-4-3-5-25(20-23)36-2/h3-11,20,22H,12-19H2,1-2H3. The molecule has 0 radical (unpaired) electrons. The largest absolute Gasteiger partial charge is 0.497 e. The van der Waals surface area contributed by atoms with Crippen LogP contribution in [0.2, 0.25) is 0 Å². The van der Waals surface area contributed by atoms with Gasteiger partial charge in [0.25, 0.3) is 0 Å². The van der Waals surface area contributed by atoms with E-state index in [2.05, 4.69) is 32.1 Å². The lowest BCUT2D eigenvalue weighted by atomic mass is 9.95. The summed E-state index contributed by atoms with van der Waals surface area (Å²) >= 11 is 0. The van der Waals surface area contributed by atoms with Gasteiger partial charge < -0.3 is 24.2 Å². The summed E-state index contributed by atoms with van der Waals surface area (Å²) in [5.41, 5.74) is 2.99. The average Bonchev–Trinajstić information content (AvgIpc) is 2.97. The van der Waals surface area contributed by atoms with Crippen molar-refractivity contribution in [2.24, 2.45) is 5.92 Å². The number of amides is 1. The Morgan fingerprint density at radius 2 is 1.50 bits per heavy atom. The highest BCUT2D eigenvalue weighted by molar-refractivity contribution is 5.79. The molecule has 0 aliphatic carbocycles. The number of nitrogens with zero attached hydrogens (tertiary/aromatic N) is 5. The number of piperidine rings is 1. The molecule has 0 unspecified atom stereocenters. The van der Waals surface area contributed by atoms with E-state index in [1.165, 1.54) is 0 Å². The minimum atomic E-state index is 0.0798. The molecule has 0 atom stereocenters. The lowest BCUT2D eigenvalue weighted by molar-refractivity contribution is -0.136. The van der Waals surface area contributed by atoms with Gasteiger partial charge in [-0.05, 0) is 61.4 Å². The molecule has 0 spiro atoms. The second-order valence-corrected chi connectivity index (χ2v) is 9.28. The van der Waals surface area contributed by atoms with Crippen molar-refractivity contribution in [3.05, 3.63) is 60.7 Å². The molecule has 3 heterocycles. The Kier molecular flexibility index (Phi) is 7.21. The molecule has 0 saturated carbocycles. The smallest absolute Gasteiger partial charge is 0.225 e. The van der Waals surface area contributed by atoms with E-state index in [4.69, 9.17) is 9.47 Å². The molecule has 36 heavy (non-hydrogen) atoms. The highest BCUT2D eigenvalue weighted by Gasteiger charge is 2.31. The van der Waals surface area contributed by atoms with Crippen molar-refractivity contribution in [2.75, 3.05) is 63.3 Å². The summed E-state index contributed by atoms with van der Waals surface area (Å²) in [5.74, 6) is 2.92. The quantitative estimate of drug-likeness (QED) is 0.525. The fraction of sp³-hybridized carbons (Fsp3) is 0.393. The molecule has 8 heteroatoms. The fourth-order valence-corrected chi connectivity index (χ4v) is 5.02. The minimum absolute atomic E-state index is 0.0798. The molecule has 2 saturated heterocycles. The number of carbonyl (C=O) groups is 1. The molecule has 0 bridgehead atoms. The summed E-state index contributed by atoms with van der Waals surface area (Å²) in [6, 6.07) is 20.0. The minimum Gasteiger partial charge on any atom is -0.497 e. The van der Waals surface area contributed by atoms with Crippen LogP contribution in [0.5, 0.6) is 11.5 Å². The molecule has 1 aromatic heterocycles. The number of methoxy groups -OCH3 is 2. The summed E-state index contributed by atoms with van der Waals surface area (Å²) < 4.78 is 10.6. The first-order valence-corrected chi connectivity index (χ1v) is 12.6. The molecular formula is C28H33N5O3. The van der Waals surface area contributed by atoms with Crippen LogP contribution in [0.3, 0.4) is 0 Å². The van der Waals surface area contributed by atoms with Crippen LogP contribution in [-0.4, -0.2) is 74.5 Å². The first-order chi connectivity index (χ1) is 17.6.